The number of hydrogen-bond donors (Lipinski definition) is 2. The van der Waals surface area contributed by atoms with Crippen LogP contribution in [0.3, 0.4) is 0 Å². The molecule has 3 aromatic rings. The predicted octanol–water partition coefficient (Wildman–Crippen LogP) is 4.39. The fourth-order valence-electron chi connectivity index (χ4n) is 2.35. The lowest BCUT2D eigenvalue weighted by atomic mass is 10.4. The summed E-state index contributed by atoms with van der Waals surface area (Å²) in [7, 11) is 0. The van der Waals surface area contributed by atoms with E-state index in [9.17, 15) is 4.39 Å². The van der Waals surface area contributed by atoms with Gasteiger partial charge in [0.15, 0.2) is 10.9 Å². The molecule has 2 aromatic heterocycles. The molecule has 0 atom stereocenters. The number of nitrogens with one attached hydrogen (secondary N) is 2. The van der Waals surface area contributed by atoms with Crippen LogP contribution in [-0.4, -0.2) is 34.2 Å². The van der Waals surface area contributed by atoms with Crippen LogP contribution in [0.2, 0.25) is 0 Å². The molecule has 0 unspecified atom stereocenters. The number of nitrogens with zero attached hydrogens (tertiary/aromatic N) is 3. The first-order valence-electron chi connectivity index (χ1n) is 8.56. The Kier molecular flexibility index (Phi) is 9.35. The average Bonchev–Trinajstić information content (AvgIpc) is 3.22. The zero-order chi connectivity index (χ0) is 18.2. The maximum Gasteiger partial charge on any atom is 0.193 e. The number of rotatable bonds is 8. The Labute approximate surface area is 183 Å². The van der Waals surface area contributed by atoms with E-state index in [0.29, 0.717) is 6.54 Å². The number of aliphatic imine (C=N–C) groups is 1. The molecule has 1 aromatic carbocycles. The highest BCUT2D eigenvalue weighted by Gasteiger charge is 2.03. The number of thioether (sulfide) groups is 1. The number of guanidine groups is 1. The van der Waals surface area contributed by atoms with Crippen LogP contribution in [0.15, 0.2) is 51.9 Å². The van der Waals surface area contributed by atoms with Crippen LogP contribution < -0.4 is 10.6 Å². The Hall–Kier alpha value is -1.33. The second kappa shape index (κ2) is 11.5. The van der Waals surface area contributed by atoms with E-state index >= 15 is 0 Å². The standard InChI is InChI=1S/C18H22FN5S2.HI/c1-2-20-17(22-12-15-13-24-9-11-26-18(24)23-15)21-8-3-10-25-16-6-4-14(19)5-7-16;/h4-7,9,11,13H,2-3,8,10,12H2,1H3,(H2,20,21,22);1H. The Morgan fingerprint density at radius 1 is 1.30 bits per heavy atom. The predicted molar refractivity (Wildman–Crippen MR) is 123 cm³/mol. The molecule has 2 heterocycles. The molecule has 0 aliphatic heterocycles. The van der Waals surface area contributed by atoms with Crippen LogP contribution in [0, 0.1) is 5.82 Å². The van der Waals surface area contributed by atoms with Crippen LogP contribution in [-0.2, 0) is 6.54 Å². The summed E-state index contributed by atoms with van der Waals surface area (Å²) in [4.78, 5) is 11.2. The molecule has 0 saturated heterocycles. The molecule has 0 saturated carbocycles. The van der Waals surface area contributed by atoms with Crippen molar-refractivity contribution < 1.29 is 4.39 Å². The number of aromatic nitrogens is 2. The van der Waals surface area contributed by atoms with Crippen molar-refractivity contribution in [2.45, 2.75) is 24.8 Å². The van der Waals surface area contributed by atoms with E-state index in [1.165, 1.54) is 12.1 Å². The quantitative estimate of drug-likeness (QED) is 0.153. The van der Waals surface area contributed by atoms with Crippen molar-refractivity contribution in [2.24, 2.45) is 4.99 Å². The van der Waals surface area contributed by atoms with Gasteiger partial charge >= 0.3 is 0 Å². The van der Waals surface area contributed by atoms with Gasteiger partial charge < -0.3 is 10.6 Å². The van der Waals surface area contributed by atoms with Gasteiger partial charge in [-0.15, -0.1) is 47.1 Å². The Balaban J connectivity index is 0.00000261. The van der Waals surface area contributed by atoms with Gasteiger partial charge in [-0.1, -0.05) is 0 Å². The van der Waals surface area contributed by atoms with Gasteiger partial charge in [0.2, 0.25) is 0 Å². The second-order valence-corrected chi connectivity index (χ2v) is 7.64. The first-order chi connectivity index (χ1) is 12.7. The van der Waals surface area contributed by atoms with E-state index in [0.717, 1.165) is 46.8 Å². The van der Waals surface area contributed by atoms with E-state index in [1.54, 1.807) is 23.1 Å². The van der Waals surface area contributed by atoms with Gasteiger partial charge in [-0.2, -0.15) is 0 Å². The normalized spacial score (nSPS) is 11.4. The van der Waals surface area contributed by atoms with Crippen molar-refractivity contribution in [1.29, 1.82) is 0 Å². The van der Waals surface area contributed by atoms with Crippen molar-refractivity contribution >= 4 is 58.0 Å². The smallest absolute Gasteiger partial charge is 0.193 e. The summed E-state index contributed by atoms with van der Waals surface area (Å²) in [5.74, 6) is 1.57. The summed E-state index contributed by atoms with van der Waals surface area (Å²) in [6, 6.07) is 6.62. The molecule has 0 amide bonds. The monoisotopic (exact) mass is 519 g/mol. The van der Waals surface area contributed by atoms with Gasteiger partial charge in [0.05, 0.1) is 12.2 Å². The largest absolute Gasteiger partial charge is 0.357 e. The van der Waals surface area contributed by atoms with E-state index < -0.39 is 0 Å². The summed E-state index contributed by atoms with van der Waals surface area (Å²) in [5.41, 5.74) is 0.959. The van der Waals surface area contributed by atoms with E-state index in [2.05, 4.69) is 20.6 Å². The van der Waals surface area contributed by atoms with Crippen molar-refractivity contribution in [3.63, 3.8) is 0 Å². The Morgan fingerprint density at radius 3 is 2.85 bits per heavy atom. The van der Waals surface area contributed by atoms with Gasteiger partial charge in [0.25, 0.3) is 0 Å². The molecule has 0 bridgehead atoms. The SMILES string of the molecule is CCNC(=NCc1cn2ccsc2n1)NCCCSc1ccc(F)cc1.I. The lowest BCUT2D eigenvalue weighted by molar-refractivity contribution is 0.626. The van der Waals surface area contributed by atoms with E-state index in [1.807, 2.05) is 41.2 Å². The van der Waals surface area contributed by atoms with E-state index in [-0.39, 0.29) is 29.8 Å². The third-order valence-electron chi connectivity index (χ3n) is 3.58. The molecule has 0 aliphatic carbocycles. The van der Waals surface area contributed by atoms with Crippen molar-refractivity contribution in [3.8, 4) is 0 Å². The third-order valence-corrected chi connectivity index (χ3v) is 5.45. The van der Waals surface area contributed by atoms with Crippen LogP contribution >= 0.6 is 47.1 Å². The van der Waals surface area contributed by atoms with Crippen LogP contribution in [0.25, 0.3) is 4.96 Å². The maximum atomic E-state index is 12.9. The first kappa shape index (κ1) is 22.0. The fourth-order valence-corrected chi connectivity index (χ4v) is 3.93. The Morgan fingerprint density at radius 2 is 2.11 bits per heavy atom. The zero-order valence-electron chi connectivity index (χ0n) is 15.0. The molecule has 0 fully saturated rings. The number of halogens is 2. The maximum absolute atomic E-state index is 12.9. The summed E-state index contributed by atoms with van der Waals surface area (Å²) >= 11 is 3.35. The fraction of sp³-hybridized carbons (Fsp3) is 0.333. The molecule has 0 radical (unpaired) electrons. The molecule has 5 nitrogen and oxygen atoms in total. The van der Waals surface area contributed by atoms with Gasteiger partial charge in [0, 0.05) is 35.8 Å². The highest BCUT2D eigenvalue weighted by atomic mass is 127. The van der Waals surface area contributed by atoms with E-state index in [4.69, 9.17) is 0 Å². The van der Waals surface area contributed by atoms with Crippen molar-refractivity contribution in [3.05, 3.63) is 53.6 Å². The minimum Gasteiger partial charge on any atom is -0.357 e. The van der Waals surface area contributed by atoms with Gasteiger partial charge in [-0.3, -0.25) is 4.40 Å². The van der Waals surface area contributed by atoms with Crippen molar-refractivity contribution in [2.75, 3.05) is 18.8 Å². The molecule has 0 aliphatic rings. The number of thiazole rings is 1. The van der Waals surface area contributed by atoms with Crippen LogP contribution in [0.5, 0.6) is 0 Å². The first-order valence-corrected chi connectivity index (χ1v) is 10.4. The average molecular weight is 519 g/mol. The lowest BCUT2D eigenvalue weighted by Gasteiger charge is -2.10. The highest BCUT2D eigenvalue weighted by molar-refractivity contribution is 14.0. The summed E-state index contributed by atoms with van der Waals surface area (Å²) < 4.78 is 14.9. The highest BCUT2D eigenvalue weighted by Crippen LogP contribution is 2.18. The topological polar surface area (TPSA) is 53.7 Å². The Bertz CT molecular complexity index is 818. The molecule has 2 N–H and O–H groups in total. The summed E-state index contributed by atoms with van der Waals surface area (Å²) in [6.07, 6.45) is 5.01. The second-order valence-electron chi connectivity index (χ2n) is 5.60. The van der Waals surface area contributed by atoms with Gasteiger partial charge in [-0.05, 0) is 43.4 Å². The zero-order valence-corrected chi connectivity index (χ0v) is 19.0. The third kappa shape index (κ3) is 6.96. The number of benzene rings is 1. The van der Waals surface area contributed by atoms with Crippen LogP contribution in [0.1, 0.15) is 19.0 Å². The lowest BCUT2D eigenvalue weighted by Crippen LogP contribution is -2.37. The molecule has 146 valence electrons. The molecule has 27 heavy (non-hydrogen) atoms. The number of imidazole rings is 1. The summed E-state index contributed by atoms with van der Waals surface area (Å²) in [6.45, 7) is 4.25. The van der Waals surface area contributed by atoms with Gasteiger partial charge in [-0.25, -0.2) is 14.4 Å². The molecule has 3 rings (SSSR count). The molecular weight excluding hydrogens is 496 g/mol. The minimum atomic E-state index is -0.194. The molecular formula is C18H23FIN5S2. The number of fused-ring (bicyclic) bond motifs is 1. The molecule has 9 heteroatoms. The minimum absolute atomic E-state index is 0. The summed E-state index contributed by atoms with van der Waals surface area (Å²) in [5, 5.41) is 8.62. The molecule has 0 spiro atoms. The van der Waals surface area contributed by atoms with Crippen molar-refractivity contribution in [1.82, 2.24) is 20.0 Å². The number of hydrogen-bond acceptors (Lipinski definition) is 4. The van der Waals surface area contributed by atoms with Crippen LogP contribution in [0.4, 0.5) is 4.39 Å². The van der Waals surface area contributed by atoms with Gasteiger partial charge in [0.1, 0.15) is 5.82 Å².